The van der Waals surface area contributed by atoms with E-state index in [1.807, 2.05) is 11.8 Å². The number of nitrogens with zero attached hydrogens (tertiary/aromatic N) is 3. The number of sulfonamides is 1. The van der Waals surface area contributed by atoms with Crippen molar-refractivity contribution in [1.82, 2.24) is 14.1 Å². The Morgan fingerprint density at radius 2 is 1.68 bits per heavy atom. The van der Waals surface area contributed by atoms with Crippen LogP contribution in [0.15, 0.2) is 29.2 Å². The Kier molecular flexibility index (Phi) is 6.15. The largest absolute Gasteiger partial charge is 0.480 e. The third kappa shape index (κ3) is 5.00. The van der Waals surface area contributed by atoms with Gasteiger partial charge < -0.3 is 10.0 Å². The van der Waals surface area contributed by atoms with Crippen molar-refractivity contribution in [3.8, 4) is 0 Å². The highest BCUT2D eigenvalue weighted by molar-refractivity contribution is 7.89. The number of amides is 1. The van der Waals surface area contributed by atoms with Gasteiger partial charge >= 0.3 is 5.97 Å². The van der Waals surface area contributed by atoms with Crippen molar-refractivity contribution in [2.45, 2.75) is 11.8 Å². The Bertz CT molecular complexity index is 725. The number of benzene rings is 1. The van der Waals surface area contributed by atoms with Gasteiger partial charge in [-0.25, -0.2) is 8.42 Å². The molecule has 1 amide bonds. The Balaban J connectivity index is 1.92. The van der Waals surface area contributed by atoms with Gasteiger partial charge in [0.05, 0.1) is 11.4 Å². The van der Waals surface area contributed by atoms with Crippen LogP contribution in [0.25, 0.3) is 0 Å². The first-order valence-corrected chi connectivity index (χ1v) is 9.39. The number of aliphatic carboxylic acids is 1. The van der Waals surface area contributed by atoms with E-state index in [1.165, 1.54) is 11.4 Å². The lowest BCUT2D eigenvalue weighted by molar-refractivity contribution is -0.144. The number of carboxylic acids is 1. The van der Waals surface area contributed by atoms with Crippen molar-refractivity contribution < 1.29 is 23.1 Å². The van der Waals surface area contributed by atoms with E-state index in [0.29, 0.717) is 26.2 Å². The van der Waals surface area contributed by atoms with Gasteiger partial charge in [-0.05, 0) is 19.1 Å². The maximum Gasteiger partial charge on any atom is 0.323 e. The monoisotopic (exact) mass is 369 g/mol. The maximum atomic E-state index is 12.6. The zero-order valence-corrected chi connectivity index (χ0v) is 15.2. The van der Waals surface area contributed by atoms with E-state index in [2.05, 4.69) is 0 Å². The van der Waals surface area contributed by atoms with Crippen molar-refractivity contribution in [2.75, 3.05) is 46.3 Å². The predicted octanol–water partition coefficient (Wildman–Crippen LogP) is -0.156. The Labute approximate surface area is 147 Å². The molecule has 0 spiro atoms. The van der Waals surface area contributed by atoms with Crippen molar-refractivity contribution in [1.29, 1.82) is 0 Å². The minimum Gasteiger partial charge on any atom is -0.480 e. The van der Waals surface area contributed by atoms with Gasteiger partial charge in [0.15, 0.2) is 0 Å². The minimum atomic E-state index is -3.53. The first-order chi connectivity index (χ1) is 11.7. The number of hydrogen-bond acceptors (Lipinski definition) is 5. The van der Waals surface area contributed by atoms with E-state index in [1.54, 1.807) is 24.3 Å². The Hall–Kier alpha value is -1.97. The first kappa shape index (κ1) is 19.4. The average molecular weight is 369 g/mol. The van der Waals surface area contributed by atoms with Gasteiger partial charge in [0.1, 0.15) is 6.54 Å². The molecule has 1 aromatic carbocycles. The van der Waals surface area contributed by atoms with Crippen LogP contribution in [0.5, 0.6) is 0 Å². The van der Waals surface area contributed by atoms with Crippen LogP contribution >= 0.6 is 0 Å². The van der Waals surface area contributed by atoms with E-state index in [-0.39, 0.29) is 23.9 Å². The van der Waals surface area contributed by atoms with Crippen molar-refractivity contribution in [2.24, 2.45) is 0 Å². The molecule has 1 saturated heterocycles. The first-order valence-electron chi connectivity index (χ1n) is 7.95. The van der Waals surface area contributed by atoms with Crippen molar-refractivity contribution in [3.05, 3.63) is 29.8 Å². The van der Waals surface area contributed by atoms with Gasteiger partial charge in [-0.15, -0.1) is 0 Å². The highest BCUT2D eigenvalue weighted by Gasteiger charge is 2.29. The second-order valence-corrected chi connectivity index (χ2v) is 8.07. The molecule has 0 aliphatic carbocycles. The van der Waals surface area contributed by atoms with Gasteiger partial charge in [0, 0.05) is 33.2 Å². The molecule has 0 saturated carbocycles. The number of piperazine rings is 1. The maximum absolute atomic E-state index is 12.6. The molecule has 1 heterocycles. The average Bonchev–Trinajstić information content (AvgIpc) is 2.55. The summed E-state index contributed by atoms with van der Waals surface area (Å²) in [6.07, 6.45) is 0. The van der Waals surface area contributed by atoms with E-state index in [4.69, 9.17) is 5.11 Å². The van der Waals surface area contributed by atoms with Gasteiger partial charge in [0.25, 0.3) is 0 Å². The standard InChI is InChI=1S/C16H23N3O5S/c1-13-3-5-14(6-4-13)25(23,24)19-9-7-18(8-10-19)11-15(20)17(2)12-16(21)22/h3-6H,7-12H2,1-2H3,(H,21,22). The fraction of sp³-hybridized carbons (Fsp3) is 0.500. The van der Waals surface area contributed by atoms with Gasteiger partial charge in [-0.2, -0.15) is 4.31 Å². The lowest BCUT2D eigenvalue weighted by Gasteiger charge is -2.34. The van der Waals surface area contributed by atoms with Crippen molar-refractivity contribution in [3.63, 3.8) is 0 Å². The molecule has 9 heteroatoms. The number of aryl methyl sites for hydroxylation is 1. The van der Waals surface area contributed by atoms with Crippen LogP contribution in [0.3, 0.4) is 0 Å². The molecule has 1 aromatic rings. The van der Waals surface area contributed by atoms with Crippen LogP contribution in [-0.4, -0.2) is 85.8 Å². The molecule has 1 aliphatic rings. The lowest BCUT2D eigenvalue weighted by atomic mass is 10.2. The number of carboxylic acid groups (broad SMARTS) is 1. The fourth-order valence-corrected chi connectivity index (χ4v) is 4.01. The second kappa shape index (κ2) is 7.94. The van der Waals surface area contributed by atoms with E-state index in [0.717, 1.165) is 10.5 Å². The predicted molar refractivity (Wildman–Crippen MR) is 91.7 cm³/mol. The molecular formula is C16H23N3O5S. The Morgan fingerprint density at radius 1 is 1.12 bits per heavy atom. The number of likely N-dealkylation sites (N-methyl/N-ethyl adjacent to an activating group) is 1. The summed E-state index contributed by atoms with van der Waals surface area (Å²) in [6, 6.07) is 6.73. The van der Waals surface area contributed by atoms with Crippen LogP contribution in [-0.2, 0) is 19.6 Å². The normalized spacial score (nSPS) is 16.6. The quantitative estimate of drug-likeness (QED) is 0.749. The summed E-state index contributed by atoms with van der Waals surface area (Å²) in [5, 5.41) is 8.71. The van der Waals surface area contributed by atoms with Crippen LogP contribution in [0.4, 0.5) is 0 Å². The third-order valence-electron chi connectivity index (χ3n) is 4.15. The summed E-state index contributed by atoms with van der Waals surface area (Å²) in [7, 11) is -2.09. The zero-order valence-electron chi connectivity index (χ0n) is 14.4. The summed E-state index contributed by atoms with van der Waals surface area (Å²) in [4.78, 5) is 25.9. The topological polar surface area (TPSA) is 98.2 Å². The summed E-state index contributed by atoms with van der Waals surface area (Å²) >= 11 is 0. The van der Waals surface area contributed by atoms with Gasteiger partial charge in [0.2, 0.25) is 15.9 Å². The lowest BCUT2D eigenvalue weighted by Crippen LogP contribution is -2.51. The molecule has 138 valence electrons. The van der Waals surface area contributed by atoms with E-state index < -0.39 is 16.0 Å². The van der Waals surface area contributed by atoms with Gasteiger partial charge in [-0.1, -0.05) is 17.7 Å². The molecule has 0 aromatic heterocycles. The summed E-state index contributed by atoms with van der Waals surface area (Å²) in [5.74, 6) is -1.36. The number of carbonyl (C=O) groups is 2. The van der Waals surface area contributed by atoms with Crippen LogP contribution < -0.4 is 0 Å². The zero-order chi connectivity index (χ0) is 18.6. The van der Waals surface area contributed by atoms with Crippen molar-refractivity contribution >= 4 is 21.9 Å². The summed E-state index contributed by atoms with van der Waals surface area (Å²) < 4.78 is 26.7. The van der Waals surface area contributed by atoms with Crippen LogP contribution in [0.2, 0.25) is 0 Å². The van der Waals surface area contributed by atoms with Crippen LogP contribution in [0.1, 0.15) is 5.56 Å². The SMILES string of the molecule is Cc1ccc(S(=O)(=O)N2CCN(CC(=O)N(C)CC(=O)O)CC2)cc1. The Morgan fingerprint density at radius 3 is 2.20 bits per heavy atom. The third-order valence-corrected chi connectivity index (χ3v) is 6.06. The van der Waals surface area contributed by atoms with E-state index >= 15 is 0 Å². The molecule has 2 rings (SSSR count). The smallest absolute Gasteiger partial charge is 0.323 e. The second-order valence-electron chi connectivity index (χ2n) is 6.14. The summed E-state index contributed by atoms with van der Waals surface area (Å²) in [6.45, 7) is 3.09. The minimum absolute atomic E-state index is 0.0855. The highest BCUT2D eigenvalue weighted by Crippen LogP contribution is 2.18. The molecule has 25 heavy (non-hydrogen) atoms. The molecular weight excluding hydrogens is 346 g/mol. The fourth-order valence-electron chi connectivity index (χ4n) is 2.59. The number of carbonyl (C=O) groups excluding carboxylic acids is 1. The van der Waals surface area contributed by atoms with E-state index in [9.17, 15) is 18.0 Å². The highest BCUT2D eigenvalue weighted by atomic mass is 32.2. The molecule has 0 atom stereocenters. The molecule has 1 aliphatic heterocycles. The molecule has 0 unspecified atom stereocenters. The molecule has 1 fully saturated rings. The molecule has 0 radical (unpaired) electrons. The number of rotatable bonds is 6. The van der Waals surface area contributed by atoms with Gasteiger partial charge in [-0.3, -0.25) is 14.5 Å². The molecule has 8 nitrogen and oxygen atoms in total. The van der Waals surface area contributed by atoms with Crippen LogP contribution in [0, 0.1) is 6.92 Å². The molecule has 1 N–H and O–H groups in total. The molecule has 0 bridgehead atoms. The number of hydrogen-bond donors (Lipinski definition) is 1. The summed E-state index contributed by atoms with van der Waals surface area (Å²) in [5.41, 5.74) is 0.993.